The number of hydrogen-bond acceptors (Lipinski definition) is 4. The van der Waals surface area contributed by atoms with Crippen LogP contribution in [0.3, 0.4) is 0 Å². The molecule has 24 heavy (non-hydrogen) atoms. The van der Waals surface area contributed by atoms with Crippen LogP contribution in [0.25, 0.3) is 0 Å². The van der Waals surface area contributed by atoms with Crippen LogP contribution in [0.15, 0.2) is 24.3 Å². The minimum atomic E-state index is -0.0971. The fourth-order valence-corrected chi connectivity index (χ4v) is 2.74. The maximum Gasteiger partial charge on any atom is 0.255 e. The Balaban J connectivity index is 1.39. The molecule has 0 bridgehead atoms. The van der Waals surface area contributed by atoms with Crippen molar-refractivity contribution in [3.05, 3.63) is 29.8 Å². The van der Waals surface area contributed by atoms with Crippen molar-refractivity contribution >= 4 is 5.91 Å². The lowest BCUT2D eigenvalue weighted by molar-refractivity contribution is 0.0670. The molecule has 1 unspecified atom stereocenters. The lowest BCUT2D eigenvalue weighted by Crippen LogP contribution is -2.26. The standard InChI is InChI=1S/C19H27NO4/c21-19(20-10-4-11-22-13-15-8-9-15)17-6-1-2-7-18(17)24-14-16-5-3-12-23-16/h1-2,6-7,15-16H,3-5,8-14H2,(H,20,21). The summed E-state index contributed by atoms with van der Waals surface area (Å²) < 4.78 is 16.9. The molecule has 0 radical (unpaired) electrons. The fraction of sp³-hybridized carbons (Fsp3) is 0.632. The minimum Gasteiger partial charge on any atom is -0.490 e. The van der Waals surface area contributed by atoms with Crippen LogP contribution in [0.1, 0.15) is 42.5 Å². The van der Waals surface area contributed by atoms with Crippen LogP contribution in [0, 0.1) is 5.92 Å². The highest BCUT2D eigenvalue weighted by atomic mass is 16.5. The molecule has 1 aromatic rings. The van der Waals surface area contributed by atoms with Crippen molar-refractivity contribution in [2.75, 3.05) is 33.0 Å². The van der Waals surface area contributed by atoms with Gasteiger partial charge in [-0.15, -0.1) is 0 Å². The predicted molar refractivity (Wildman–Crippen MR) is 91.4 cm³/mol. The van der Waals surface area contributed by atoms with Crippen molar-refractivity contribution in [2.45, 2.75) is 38.2 Å². The number of para-hydroxylation sites is 1. The lowest BCUT2D eigenvalue weighted by Gasteiger charge is -2.14. The Kier molecular flexibility index (Phi) is 6.49. The van der Waals surface area contributed by atoms with Gasteiger partial charge in [0.05, 0.1) is 11.7 Å². The Bertz CT molecular complexity index is 524. The molecular weight excluding hydrogens is 306 g/mol. The average Bonchev–Trinajstić information content (AvgIpc) is 3.28. The summed E-state index contributed by atoms with van der Waals surface area (Å²) in [5.74, 6) is 1.31. The molecule has 5 heteroatoms. The van der Waals surface area contributed by atoms with Gasteiger partial charge in [-0.25, -0.2) is 0 Å². The van der Waals surface area contributed by atoms with E-state index in [1.807, 2.05) is 18.2 Å². The molecule has 0 aromatic heterocycles. The summed E-state index contributed by atoms with van der Waals surface area (Å²) in [4.78, 5) is 12.3. The third-order valence-corrected chi connectivity index (χ3v) is 4.38. The first-order valence-electron chi connectivity index (χ1n) is 9.02. The number of carbonyl (C=O) groups excluding carboxylic acids is 1. The summed E-state index contributed by atoms with van der Waals surface area (Å²) in [5, 5.41) is 2.94. The van der Waals surface area contributed by atoms with Gasteiger partial charge in [0.15, 0.2) is 0 Å². The summed E-state index contributed by atoms with van der Waals surface area (Å²) in [6, 6.07) is 7.37. The molecule has 2 fully saturated rings. The number of amides is 1. The molecule has 1 N–H and O–H groups in total. The second-order valence-corrected chi connectivity index (χ2v) is 6.57. The lowest BCUT2D eigenvalue weighted by atomic mass is 10.2. The quantitative estimate of drug-likeness (QED) is 0.669. The van der Waals surface area contributed by atoms with Gasteiger partial charge in [0.25, 0.3) is 5.91 Å². The second kappa shape index (κ2) is 9.04. The Morgan fingerprint density at radius 1 is 1.21 bits per heavy atom. The molecule has 1 aliphatic heterocycles. The minimum absolute atomic E-state index is 0.0971. The van der Waals surface area contributed by atoms with Gasteiger partial charge < -0.3 is 19.5 Å². The highest BCUT2D eigenvalue weighted by Gasteiger charge is 2.21. The van der Waals surface area contributed by atoms with Crippen LogP contribution in [-0.2, 0) is 9.47 Å². The van der Waals surface area contributed by atoms with Crippen LogP contribution in [0.5, 0.6) is 5.75 Å². The Morgan fingerprint density at radius 2 is 2.08 bits per heavy atom. The van der Waals surface area contributed by atoms with Gasteiger partial charge in [0.1, 0.15) is 12.4 Å². The SMILES string of the molecule is O=C(NCCCOCC1CC1)c1ccccc1OCC1CCCO1. The Morgan fingerprint density at radius 3 is 2.88 bits per heavy atom. The zero-order chi connectivity index (χ0) is 16.6. The van der Waals surface area contributed by atoms with Gasteiger partial charge in [0, 0.05) is 26.4 Å². The largest absolute Gasteiger partial charge is 0.490 e. The van der Waals surface area contributed by atoms with Gasteiger partial charge in [-0.3, -0.25) is 4.79 Å². The summed E-state index contributed by atoms with van der Waals surface area (Å²) >= 11 is 0. The van der Waals surface area contributed by atoms with Crippen molar-refractivity contribution in [2.24, 2.45) is 5.92 Å². The molecule has 5 nitrogen and oxygen atoms in total. The number of hydrogen-bond donors (Lipinski definition) is 1. The number of rotatable bonds is 10. The molecule has 3 rings (SSSR count). The molecule has 1 saturated carbocycles. The maximum atomic E-state index is 12.3. The normalized spacial score (nSPS) is 20.1. The smallest absolute Gasteiger partial charge is 0.255 e. The number of ether oxygens (including phenoxy) is 3. The van der Waals surface area contributed by atoms with Gasteiger partial charge in [-0.1, -0.05) is 12.1 Å². The van der Waals surface area contributed by atoms with Crippen molar-refractivity contribution in [1.82, 2.24) is 5.32 Å². The van der Waals surface area contributed by atoms with Crippen molar-refractivity contribution in [1.29, 1.82) is 0 Å². The molecule has 0 spiro atoms. The van der Waals surface area contributed by atoms with Gasteiger partial charge in [0.2, 0.25) is 0 Å². The topological polar surface area (TPSA) is 56.8 Å². The number of nitrogens with one attached hydrogen (secondary N) is 1. The predicted octanol–water partition coefficient (Wildman–Crippen LogP) is 2.79. The van der Waals surface area contributed by atoms with Crippen LogP contribution in [-0.4, -0.2) is 45.0 Å². The van der Waals surface area contributed by atoms with E-state index >= 15 is 0 Å². The van der Waals surface area contributed by atoms with E-state index in [0.717, 1.165) is 38.4 Å². The number of carbonyl (C=O) groups is 1. The van der Waals surface area contributed by atoms with E-state index in [1.54, 1.807) is 6.07 Å². The summed E-state index contributed by atoms with van der Waals surface area (Å²) in [5.41, 5.74) is 0.578. The maximum absolute atomic E-state index is 12.3. The zero-order valence-corrected chi connectivity index (χ0v) is 14.2. The van der Waals surface area contributed by atoms with Crippen molar-refractivity contribution in [3.8, 4) is 5.75 Å². The van der Waals surface area contributed by atoms with Crippen LogP contribution < -0.4 is 10.1 Å². The van der Waals surface area contributed by atoms with E-state index < -0.39 is 0 Å². The van der Waals surface area contributed by atoms with Crippen LogP contribution in [0.2, 0.25) is 0 Å². The average molecular weight is 333 g/mol. The summed E-state index contributed by atoms with van der Waals surface area (Å²) in [6.07, 6.45) is 5.69. The first kappa shape index (κ1) is 17.2. The molecule has 1 amide bonds. The van der Waals surface area contributed by atoms with E-state index in [2.05, 4.69) is 5.32 Å². The molecule has 1 saturated heterocycles. The third-order valence-electron chi connectivity index (χ3n) is 4.38. The highest BCUT2D eigenvalue weighted by molar-refractivity contribution is 5.96. The molecule has 1 aromatic carbocycles. The molecule has 1 atom stereocenters. The molecule has 132 valence electrons. The van der Waals surface area contributed by atoms with E-state index in [0.29, 0.717) is 31.1 Å². The highest BCUT2D eigenvalue weighted by Crippen LogP contribution is 2.28. The van der Waals surface area contributed by atoms with E-state index in [4.69, 9.17) is 14.2 Å². The first-order chi connectivity index (χ1) is 11.8. The summed E-state index contributed by atoms with van der Waals surface area (Å²) in [7, 11) is 0. The van der Waals surface area contributed by atoms with E-state index in [1.165, 1.54) is 12.8 Å². The summed E-state index contributed by atoms with van der Waals surface area (Å²) in [6.45, 7) is 3.49. The third kappa shape index (κ3) is 5.49. The van der Waals surface area contributed by atoms with Crippen LogP contribution >= 0.6 is 0 Å². The van der Waals surface area contributed by atoms with Crippen molar-refractivity contribution < 1.29 is 19.0 Å². The molecule has 1 aliphatic carbocycles. The molecular formula is C19H27NO4. The first-order valence-corrected chi connectivity index (χ1v) is 9.02. The zero-order valence-electron chi connectivity index (χ0n) is 14.2. The van der Waals surface area contributed by atoms with E-state index in [-0.39, 0.29) is 12.0 Å². The molecule has 2 aliphatic rings. The van der Waals surface area contributed by atoms with Crippen molar-refractivity contribution in [3.63, 3.8) is 0 Å². The second-order valence-electron chi connectivity index (χ2n) is 6.57. The Labute approximate surface area is 143 Å². The monoisotopic (exact) mass is 333 g/mol. The van der Waals surface area contributed by atoms with Gasteiger partial charge >= 0.3 is 0 Å². The van der Waals surface area contributed by atoms with Gasteiger partial charge in [-0.2, -0.15) is 0 Å². The molecule has 1 heterocycles. The van der Waals surface area contributed by atoms with Gasteiger partial charge in [-0.05, 0) is 50.2 Å². The fourth-order valence-electron chi connectivity index (χ4n) is 2.74. The Hall–Kier alpha value is -1.59. The van der Waals surface area contributed by atoms with E-state index in [9.17, 15) is 4.79 Å². The number of benzene rings is 1. The van der Waals surface area contributed by atoms with Crippen LogP contribution in [0.4, 0.5) is 0 Å².